The lowest BCUT2D eigenvalue weighted by molar-refractivity contribution is 0.0946. The molecule has 4 rings (SSSR count). The minimum atomic E-state index is 0.0183. The summed E-state index contributed by atoms with van der Waals surface area (Å²) in [5.41, 5.74) is 3.06. The quantitative estimate of drug-likeness (QED) is 0.757. The molecule has 1 fully saturated rings. The number of amides is 1. The average Bonchev–Trinajstić information content (AvgIpc) is 2.72. The van der Waals surface area contributed by atoms with Crippen LogP contribution in [0.25, 0.3) is 0 Å². The second-order valence-corrected chi connectivity index (χ2v) is 7.77. The van der Waals surface area contributed by atoms with E-state index in [4.69, 9.17) is 16.3 Å². The highest BCUT2D eigenvalue weighted by Gasteiger charge is 2.18. The van der Waals surface area contributed by atoms with E-state index in [0.717, 1.165) is 67.5 Å². The number of anilines is 1. The number of halogens is 1. The van der Waals surface area contributed by atoms with Gasteiger partial charge in [-0.25, -0.2) is 0 Å². The van der Waals surface area contributed by atoms with Crippen molar-refractivity contribution >= 4 is 23.2 Å². The number of piperazine rings is 1. The molecule has 2 aliphatic rings. The van der Waals surface area contributed by atoms with Gasteiger partial charge in [0.25, 0.3) is 5.91 Å². The maximum absolute atomic E-state index is 11.8. The zero-order valence-electron chi connectivity index (χ0n) is 16.0. The lowest BCUT2D eigenvalue weighted by Gasteiger charge is -2.36. The summed E-state index contributed by atoms with van der Waals surface area (Å²) >= 11 is 6.10. The lowest BCUT2D eigenvalue weighted by atomic mass is 10.0. The van der Waals surface area contributed by atoms with Gasteiger partial charge in [-0.3, -0.25) is 9.69 Å². The van der Waals surface area contributed by atoms with Gasteiger partial charge in [-0.1, -0.05) is 17.7 Å². The highest BCUT2D eigenvalue weighted by atomic mass is 35.5. The zero-order chi connectivity index (χ0) is 19.3. The molecule has 6 heteroatoms. The summed E-state index contributed by atoms with van der Waals surface area (Å²) < 4.78 is 5.92. The van der Waals surface area contributed by atoms with Crippen LogP contribution in [-0.2, 0) is 6.42 Å². The SMILES string of the molecule is O=C1NCCc2cc(OCCCN3CCN(c4cccc(Cl)c4)CC3)ccc21. The molecule has 5 nitrogen and oxygen atoms in total. The first kappa shape index (κ1) is 19.1. The summed E-state index contributed by atoms with van der Waals surface area (Å²) in [7, 11) is 0. The molecule has 1 N–H and O–H groups in total. The zero-order valence-corrected chi connectivity index (χ0v) is 16.8. The van der Waals surface area contributed by atoms with E-state index in [2.05, 4.69) is 21.2 Å². The van der Waals surface area contributed by atoms with Gasteiger partial charge in [0.1, 0.15) is 5.75 Å². The molecule has 0 saturated carbocycles. The fourth-order valence-corrected chi connectivity index (χ4v) is 4.06. The van der Waals surface area contributed by atoms with E-state index in [9.17, 15) is 4.79 Å². The Kier molecular flexibility index (Phi) is 6.03. The van der Waals surface area contributed by atoms with E-state index in [1.165, 1.54) is 5.69 Å². The Balaban J connectivity index is 1.19. The normalized spacial score (nSPS) is 17.2. The number of ether oxygens (including phenoxy) is 1. The van der Waals surface area contributed by atoms with Gasteiger partial charge < -0.3 is 15.0 Å². The van der Waals surface area contributed by atoms with Crippen LogP contribution in [0.5, 0.6) is 5.75 Å². The molecule has 0 atom stereocenters. The number of hydrogen-bond donors (Lipinski definition) is 1. The number of carbonyl (C=O) groups excluding carboxylic acids is 1. The molecule has 0 unspecified atom stereocenters. The topological polar surface area (TPSA) is 44.8 Å². The standard InChI is InChI=1S/C22H26ClN3O2/c23-18-3-1-4-19(16-18)26-12-10-25(11-13-26)9-2-14-28-20-5-6-21-17(15-20)7-8-24-22(21)27/h1,3-6,15-16H,2,7-14H2,(H,24,27). The average molecular weight is 400 g/mol. The summed E-state index contributed by atoms with van der Waals surface area (Å²) in [6.07, 6.45) is 1.86. The minimum absolute atomic E-state index is 0.0183. The van der Waals surface area contributed by atoms with Gasteiger partial charge in [0.15, 0.2) is 0 Å². The third-order valence-electron chi connectivity index (χ3n) is 5.43. The van der Waals surface area contributed by atoms with Gasteiger partial charge in [-0.2, -0.15) is 0 Å². The van der Waals surface area contributed by atoms with Crippen molar-refractivity contribution < 1.29 is 9.53 Å². The number of carbonyl (C=O) groups is 1. The predicted octanol–water partition coefficient (Wildman–Crippen LogP) is 3.22. The smallest absolute Gasteiger partial charge is 0.251 e. The van der Waals surface area contributed by atoms with Crippen molar-refractivity contribution in [2.75, 3.05) is 50.8 Å². The Bertz CT molecular complexity index is 834. The van der Waals surface area contributed by atoms with Gasteiger partial charge in [-0.05, 0) is 54.8 Å². The Morgan fingerprint density at radius 1 is 1.07 bits per heavy atom. The van der Waals surface area contributed by atoms with Gasteiger partial charge in [0, 0.05) is 55.5 Å². The summed E-state index contributed by atoms with van der Waals surface area (Å²) in [6, 6.07) is 13.9. The van der Waals surface area contributed by atoms with Crippen LogP contribution in [0.15, 0.2) is 42.5 Å². The highest BCUT2D eigenvalue weighted by molar-refractivity contribution is 6.30. The molecule has 1 saturated heterocycles. The molecule has 2 aliphatic heterocycles. The highest BCUT2D eigenvalue weighted by Crippen LogP contribution is 2.22. The van der Waals surface area contributed by atoms with Gasteiger partial charge in [-0.15, -0.1) is 0 Å². The van der Waals surface area contributed by atoms with E-state index < -0.39 is 0 Å². The van der Waals surface area contributed by atoms with Gasteiger partial charge >= 0.3 is 0 Å². The Labute approximate surface area is 171 Å². The van der Waals surface area contributed by atoms with Crippen LogP contribution in [0.4, 0.5) is 5.69 Å². The van der Waals surface area contributed by atoms with Crippen molar-refractivity contribution in [3.63, 3.8) is 0 Å². The third kappa shape index (κ3) is 4.59. The van der Waals surface area contributed by atoms with Crippen molar-refractivity contribution in [2.45, 2.75) is 12.8 Å². The number of benzene rings is 2. The monoisotopic (exact) mass is 399 g/mol. The first-order valence-corrected chi connectivity index (χ1v) is 10.3. The van der Waals surface area contributed by atoms with Gasteiger partial charge in [0.05, 0.1) is 6.61 Å². The number of nitrogens with zero attached hydrogens (tertiary/aromatic N) is 2. The Morgan fingerprint density at radius 3 is 2.75 bits per heavy atom. The van der Waals surface area contributed by atoms with Crippen LogP contribution < -0.4 is 15.0 Å². The second-order valence-electron chi connectivity index (χ2n) is 7.34. The maximum Gasteiger partial charge on any atom is 0.251 e. The molecule has 28 heavy (non-hydrogen) atoms. The van der Waals surface area contributed by atoms with Crippen LogP contribution in [0, 0.1) is 0 Å². The first-order valence-electron chi connectivity index (χ1n) is 9.96. The van der Waals surface area contributed by atoms with E-state index in [1.807, 2.05) is 36.4 Å². The molecule has 1 amide bonds. The predicted molar refractivity (Wildman–Crippen MR) is 113 cm³/mol. The number of fused-ring (bicyclic) bond motifs is 1. The van der Waals surface area contributed by atoms with Crippen LogP contribution >= 0.6 is 11.6 Å². The van der Waals surface area contributed by atoms with Crippen molar-refractivity contribution in [1.82, 2.24) is 10.2 Å². The number of nitrogens with one attached hydrogen (secondary N) is 1. The third-order valence-corrected chi connectivity index (χ3v) is 5.67. The summed E-state index contributed by atoms with van der Waals surface area (Å²) in [6.45, 7) is 6.59. The van der Waals surface area contributed by atoms with E-state index in [-0.39, 0.29) is 5.91 Å². The number of hydrogen-bond acceptors (Lipinski definition) is 4. The van der Waals surface area contributed by atoms with Crippen molar-refractivity contribution in [3.05, 3.63) is 58.6 Å². The molecule has 0 spiro atoms. The lowest BCUT2D eigenvalue weighted by Crippen LogP contribution is -2.46. The van der Waals surface area contributed by atoms with Crippen molar-refractivity contribution in [1.29, 1.82) is 0 Å². The molecule has 0 bridgehead atoms. The van der Waals surface area contributed by atoms with E-state index in [0.29, 0.717) is 13.2 Å². The molecule has 2 heterocycles. The summed E-state index contributed by atoms with van der Waals surface area (Å²) in [4.78, 5) is 16.7. The van der Waals surface area contributed by atoms with Crippen LogP contribution in [0.1, 0.15) is 22.3 Å². The fraction of sp³-hybridized carbons (Fsp3) is 0.409. The molecule has 2 aromatic rings. The molecule has 148 valence electrons. The molecular weight excluding hydrogens is 374 g/mol. The molecule has 0 aliphatic carbocycles. The summed E-state index contributed by atoms with van der Waals surface area (Å²) in [5, 5.41) is 3.66. The Hall–Kier alpha value is -2.24. The summed E-state index contributed by atoms with van der Waals surface area (Å²) in [5.74, 6) is 0.879. The van der Waals surface area contributed by atoms with Crippen LogP contribution in [0.2, 0.25) is 5.02 Å². The molecule has 0 radical (unpaired) electrons. The van der Waals surface area contributed by atoms with E-state index >= 15 is 0 Å². The molecule has 0 aromatic heterocycles. The largest absolute Gasteiger partial charge is 0.494 e. The van der Waals surface area contributed by atoms with Crippen LogP contribution in [0.3, 0.4) is 0 Å². The fourth-order valence-electron chi connectivity index (χ4n) is 3.87. The maximum atomic E-state index is 11.8. The minimum Gasteiger partial charge on any atom is -0.494 e. The van der Waals surface area contributed by atoms with E-state index in [1.54, 1.807) is 0 Å². The number of rotatable bonds is 6. The molecule has 2 aromatic carbocycles. The second kappa shape index (κ2) is 8.84. The van der Waals surface area contributed by atoms with Gasteiger partial charge in [0.2, 0.25) is 0 Å². The molecular formula is C22H26ClN3O2. The first-order chi connectivity index (χ1) is 13.7. The van der Waals surface area contributed by atoms with Crippen molar-refractivity contribution in [2.24, 2.45) is 0 Å². The Morgan fingerprint density at radius 2 is 1.93 bits per heavy atom. The van der Waals surface area contributed by atoms with Crippen LogP contribution in [-0.4, -0.2) is 56.7 Å². The van der Waals surface area contributed by atoms with Crippen molar-refractivity contribution in [3.8, 4) is 5.75 Å².